The highest BCUT2D eigenvalue weighted by molar-refractivity contribution is 5.53. The van der Waals surface area contributed by atoms with Crippen LogP contribution in [0.4, 0.5) is 0 Å². The molecule has 2 aromatic heterocycles. The third kappa shape index (κ3) is 1.09. The second-order valence-corrected chi connectivity index (χ2v) is 2.61. The molecule has 3 heteroatoms. The lowest BCUT2D eigenvalue weighted by Crippen LogP contribution is -1.88. The van der Waals surface area contributed by atoms with Crippen molar-refractivity contribution in [1.82, 2.24) is 15.0 Å². The average molecular weight is 159 g/mol. The predicted octanol–water partition coefficient (Wildman–Crippen LogP) is 1.78. The number of hydrogen-bond acceptors (Lipinski definition) is 2. The summed E-state index contributed by atoms with van der Waals surface area (Å²) in [5.74, 6) is 0.827. The molecule has 1 N–H and O–H groups in total. The summed E-state index contributed by atoms with van der Waals surface area (Å²) < 4.78 is 0. The van der Waals surface area contributed by atoms with E-state index in [2.05, 4.69) is 15.0 Å². The van der Waals surface area contributed by atoms with Crippen LogP contribution < -0.4 is 0 Å². The predicted molar refractivity (Wildman–Crippen MR) is 46.6 cm³/mol. The van der Waals surface area contributed by atoms with E-state index < -0.39 is 0 Å². The number of hydrogen-bond donors (Lipinski definition) is 1. The molecule has 2 heterocycles. The van der Waals surface area contributed by atoms with Crippen LogP contribution in [0.15, 0.2) is 30.7 Å². The number of aromatic nitrogens is 3. The van der Waals surface area contributed by atoms with E-state index in [0.29, 0.717) is 0 Å². The lowest BCUT2D eigenvalue weighted by atomic mass is 10.2. The highest BCUT2D eigenvalue weighted by Gasteiger charge is 2.02. The summed E-state index contributed by atoms with van der Waals surface area (Å²) in [6, 6.07) is 3.94. The zero-order valence-corrected chi connectivity index (χ0v) is 6.78. The van der Waals surface area contributed by atoms with E-state index in [4.69, 9.17) is 0 Å². The van der Waals surface area contributed by atoms with E-state index in [0.717, 1.165) is 17.1 Å². The molecular weight excluding hydrogens is 150 g/mol. The van der Waals surface area contributed by atoms with Crippen molar-refractivity contribution in [3.8, 4) is 11.5 Å². The van der Waals surface area contributed by atoms with Gasteiger partial charge in [0.2, 0.25) is 0 Å². The molecule has 0 bridgehead atoms. The number of rotatable bonds is 1. The summed E-state index contributed by atoms with van der Waals surface area (Å²) in [4.78, 5) is 11.4. The van der Waals surface area contributed by atoms with E-state index >= 15 is 0 Å². The van der Waals surface area contributed by atoms with Gasteiger partial charge >= 0.3 is 0 Å². The third-order valence-electron chi connectivity index (χ3n) is 1.73. The first-order chi connectivity index (χ1) is 5.88. The second-order valence-electron chi connectivity index (χ2n) is 2.61. The monoisotopic (exact) mass is 159 g/mol. The molecule has 3 nitrogen and oxygen atoms in total. The SMILES string of the molecule is Cc1cccnc1-c1ncc[nH]1. The minimum atomic E-state index is 0.827. The van der Waals surface area contributed by atoms with Gasteiger partial charge in [-0.3, -0.25) is 4.98 Å². The number of pyridine rings is 1. The summed E-state index contributed by atoms with van der Waals surface area (Å²) >= 11 is 0. The number of imidazole rings is 1. The summed E-state index contributed by atoms with van der Waals surface area (Å²) in [5.41, 5.74) is 2.05. The summed E-state index contributed by atoms with van der Waals surface area (Å²) in [6.07, 6.45) is 5.29. The topological polar surface area (TPSA) is 41.6 Å². The normalized spacial score (nSPS) is 10.1. The Kier molecular flexibility index (Phi) is 1.63. The van der Waals surface area contributed by atoms with Gasteiger partial charge < -0.3 is 4.98 Å². The van der Waals surface area contributed by atoms with Crippen molar-refractivity contribution in [2.45, 2.75) is 6.92 Å². The Bertz CT molecular complexity index is 365. The zero-order valence-electron chi connectivity index (χ0n) is 6.78. The fourth-order valence-electron chi connectivity index (χ4n) is 1.13. The summed E-state index contributed by atoms with van der Waals surface area (Å²) in [7, 11) is 0. The van der Waals surface area contributed by atoms with Gasteiger partial charge in [-0.25, -0.2) is 4.98 Å². The third-order valence-corrected chi connectivity index (χ3v) is 1.73. The van der Waals surface area contributed by atoms with Crippen molar-refractivity contribution >= 4 is 0 Å². The van der Waals surface area contributed by atoms with Crippen LogP contribution in [0.1, 0.15) is 5.56 Å². The minimum Gasteiger partial charge on any atom is -0.343 e. The molecule has 0 aliphatic carbocycles. The Morgan fingerprint density at radius 3 is 2.83 bits per heavy atom. The number of nitrogens with one attached hydrogen (secondary N) is 1. The van der Waals surface area contributed by atoms with E-state index in [-0.39, 0.29) is 0 Å². The molecule has 12 heavy (non-hydrogen) atoms. The molecule has 0 saturated carbocycles. The minimum absolute atomic E-state index is 0.827. The Labute approximate surface area is 70.5 Å². The Balaban J connectivity index is 2.55. The van der Waals surface area contributed by atoms with Crippen molar-refractivity contribution in [2.75, 3.05) is 0 Å². The number of aryl methyl sites for hydroxylation is 1. The van der Waals surface area contributed by atoms with Gasteiger partial charge in [0.15, 0.2) is 5.82 Å². The molecule has 0 aliphatic heterocycles. The van der Waals surface area contributed by atoms with Gasteiger partial charge in [-0.05, 0) is 18.6 Å². The number of H-pyrrole nitrogens is 1. The van der Waals surface area contributed by atoms with E-state index in [1.807, 2.05) is 19.1 Å². The van der Waals surface area contributed by atoms with Crippen molar-refractivity contribution in [3.05, 3.63) is 36.3 Å². The van der Waals surface area contributed by atoms with Gasteiger partial charge in [0.25, 0.3) is 0 Å². The van der Waals surface area contributed by atoms with Crippen molar-refractivity contribution in [2.24, 2.45) is 0 Å². The molecular formula is C9H9N3. The van der Waals surface area contributed by atoms with E-state index in [9.17, 15) is 0 Å². The molecule has 0 amide bonds. The van der Waals surface area contributed by atoms with Crippen molar-refractivity contribution < 1.29 is 0 Å². The van der Waals surface area contributed by atoms with Gasteiger partial charge in [0, 0.05) is 18.6 Å². The maximum atomic E-state index is 4.23. The molecule has 0 aliphatic rings. The lowest BCUT2D eigenvalue weighted by molar-refractivity contribution is 1.19. The lowest BCUT2D eigenvalue weighted by Gasteiger charge is -1.98. The molecule has 0 fully saturated rings. The maximum absolute atomic E-state index is 4.23. The van der Waals surface area contributed by atoms with Crippen LogP contribution in [0.2, 0.25) is 0 Å². The standard InChI is InChI=1S/C9H9N3/c1-7-3-2-4-10-8(7)9-11-5-6-12-9/h2-6H,1H3,(H,11,12). The van der Waals surface area contributed by atoms with Crippen LogP contribution >= 0.6 is 0 Å². The smallest absolute Gasteiger partial charge is 0.156 e. The summed E-state index contributed by atoms with van der Waals surface area (Å²) in [6.45, 7) is 2.02. The Morgan fingerprint density at radius 2 is 2.17 bits per heavy atom. The van der Waals surface area contributed by atoms with Gasteiger partial charge in [-0.2, -0.15) is 0 Å². The molecule has 60 valence electrons. The number of nitrogens with zero attached hydrogens (tertiary/aromatic N) is 2. The van der Waals surface area contributed by atoms with Gasteiger partial charge in [0.1, 0.15) is 5.69 Å². The Hall–Kier alpha value is -1.64. The molecule has 0 spiro atoms. The maximum Gasteiger partial charge on any atom is 0.156 e. The van der Waals surface area contributed by atoms with Gasteiger partial charge in [-0.15, -0.1) is 0 Å². The van der Waals surface area contributed by atoms with Crippen LogP contribution in [-0.2, 0) is 0 Å². The fourth-order valence-corrected chi connectivity index (χ4v) is 1.13. The molecule has 2 aromatic rings. The number of aromatic amines is 1. The first-order valence-electron chi connectivity index (χ1n) is 3.79. The van der Waals surface area contributed by atoms with Crippen LogP contribution in [-0.4, -0.2) is 15.0 Å². The Morgan fingerprint density at radius 1 is 1.25 bits per heavy atom. The highest BCUT2D eigenvalue weighted by Crippen LogP contribution is 2.14. The van der Waals surface area contributed by atoms with Crippen LogP contribution in [0.5, 0.6) is 0 Å². The zero-order chi connectivity index (χ0) is 8.39. The van der Waals surface area contributed by atoms with E-state index in [1.54, 1.807) is 18.6 Å². The average Bonchev–Trinajstić information content (AvgIpc) is 2.57. The van der Waals surface area contributed by atoms with Crippen LogP contribution in [0.25, 0.3) is 11.5 Å². The first kappa shape index (κ1) is 7.03. The van der Waals surface area contributed by atoms with Gasteiger partial charge in [0.05, 0.1) is 0 Å². The second kappa shape index (κ2) is 2.77. The van der Waals surface area contributed by atoms with E-state index in [1.165, 1.54) is 0 Å². The molecule has 0 radical (unpaired) electrons. The molecule has 0 unspecified atom stereocenters. The molecule has 0 aromatic carbocycles. The van der Waals surface area contributed by atoms with Crippen molar-refractivity contribution in [3.63, 3.8) is 0 Å². The van der Waals surface area contributed by atoms with Gasteiger partial charge in [-0.1, -0.05) is 6.07 Å². The molecule has 2 rings (SSSR count). The fraction of sp³-hybridized carbons (Fsp3) is 0.111. The van der Waals surface area contributed by atoms with Crippen LogP contribution in [0, 0.1) is 6.92 Å². The molecule has 0 atom stereocenters. The van der Waals surface area contributed by atoms with Crippen molar-refractivity contribution in [1.29, 1.82) is 0 Å². The quantitative estimate of drug-likeness (QED) is 0.689. The molecule has 0 saturated heterocycles. The van der Waals surface area contributed by atoms with Crippen LogP contribution in [0.3, 0.4) is 0 Å². The highest BCUT2D eigenvalue weighted by atomic mass is 14.9. The first-order valence-corrected chi connectivity index (χ1v) is 3.79. The largest absolute Gasteiger partial charge is 0.343 e. The summed E-state index contributed by atoms with van der Waals surface area (Å²) in [5, 5.41) is 0.